The van der Waals surface area contributed by atoms with E-state index in [1.165, 1.54) is 12.8 Å². The number of amidine groups is 1. The number of ether oxygens (including phenoxy) is 1. The van der Waals surface area contributed by atoms with Crippen molar-refractivity contribution in [1.29, 1.82) is 5.41 Å². The van der Waals surface area contributed by atoms with Crippen LogP contribution in [-0.4, -0.2) is 11.9 Å². The monoisotopic (exact) mass is 218 g/mol. The van der Waals surface area contributed by atoms with Gasteiger partial charge in [-0.1, -0.05) is 11.6 Å². The summed E-state index contributed by atoms with van der Waals surface area (Å²) in [4.78, 5) is 0. The van der Waals surface area contributed by atoms with E-state index in [1.807, 2.05) is 25.1 Å². The Balaban J connectivity index is 2.21. The molecule has 0 aromatic heterocycles. The van der Waals surface area contributed by atoms with Gasteiger partial charge >= 0.3 is 0 Å². The Bertz CT molecular complexity index is 395. The first kappa shape index (κ1) is 11.0. The summed E-state index contributed by atoms with van der Waals surface area (Å²) >= 11 is 0. The van der Waals surface area contributed by atoms with Crippen LogP contribution in [-0.2, 0) is 0 Å². The van der Waals surface area contributed by atoms with Crippen molar-refractivity contribution in [3.63, 3.8) is 0 Å². The Morgan fingerprint density at radius 3 is 2.69 bits per heavy atom. The third-order valence-electron chi connectivity index (χ3n) is 3.02. The van der Waals surface area contributed by atoms with Gasteiger partial charge in [0.1, 0.15) is 11.6 Å². The minimum atomic E-state index is 0.0803. The molecule has 1 aromatic carbocycles. The lowest BCUT2D eigenvalue weighted by atomic mass is 10.1. The zero-order valence-electron chi connectivity index (χ0n) is 9.62. The Morgan fingerprint density at radius 1 is 1.38 bits per heavy atom. The van der Waals surface area contributed by atoms with Crippen LogP contribution in [0.25, 0.3) is 0 Å². The number of hydrogen-bond donors (Lipinski definition) is 2. The fraction of sp³-hybridized carbons (Fsp3) is 0.462. The predicted molar refractivity (Wildman–Crippen MR) is 65.1 cm³/mol. The molecule has 0 spiro atoms. The van der Waals surface area contributed by atoms with Crippen molar-refractivity contribution in [2.45, 2.75) is 38.7 Å². The molecule has 3 N–H and O–H groups in total. The molecule has 16 heavy (non-hydrogen) atoms. The quantitative estimate of drug-likeness (QED) is 0.605. The summed E-state index contributed by atoms with van der Waals surface area (Å²) in [5.41, 5.74) is 7.38. The maximum absolute atomic E-state index is 7.54. The lowest BCUT2D eigenvalue weighted by Gasteiger charge is -2.16. The predicted octanol–water partition coefficient (Wildman–Crippen LogP) is 2.60. The standard InChI is InChI=1S/C13H18N2O/c1-9-6-7-12(11(8-9)13(14)15)16-10-4-2-3-5-10/h6-8,10H,2-5H2,1H3,(H3,14,15). The van der Waals surface area contributed by atoms with Crippen molar-refractivity contribution in [2.24, 2.45) is 5.73 Å². The fourth-order valence-electron chi connectivity index (χ4n) is 2.14. The smallest absolute Gasteiger partial charge is 0.130 e. The molecule has 0 heterocycles. The van der Waals surface area contributed by atoms with Crippen LogP contribution in [0.2, 0.25) is 0 Å². The highest BCUT2D eigenvalue weighted by Gasteiger charge is 2.18. The van der Waals surface area contributed by atoms with E-state index in [2.05, 4.69) is 0 Å². The lowest BCUT2D eigenvalue weighted by molar-refractivity contribution is 0.209. The van der Waals surface area contributed by atoms with Gasteiger partial charge in [0.05, 0.1) is 11.7 Å². The van der Waals surface area contributed by atoms with Crippen molar-refractivity contribution in [3.05, 3.63) is 29.3 Å². The number of hydrogen-bond acceptors (Lipinski definition) is 2. The number of rotatable bonds is 3. The Morgan fingerprint density at radius 2 is 2.06 bits per heavy atom. The molecule has 1 aromatic rings. The number of nitrogens with two attached hydrogens (primary N) is 1. The molecule has 1 aliphatic rings. The molecule has 0 bridgehead atoms. The first-order valence-electron chi connectivity index (χ1n) is 5.78. The maximum atomic E-state index is 7.54. The molecule has 0 radical (unpaired) electrons. The highest BCUT2D eigenvalue weighted by molar-refractivity contribution is 5.97. The maximum Gasteiger partial charge on any atom is 0.130 e. The summed E-state index contributed by atoms with van der Waals surface area (Å²) in [6.45, 7) is 1.99. The molecule has 0 aliphatic heterocycles. The molecule has 0 atom stereocenters. The van der Waals surface area contributed by atoms with Crippen LogP contribution in [0.1, 0.15) is 36.8 Å². The van der Waals surface area contributed by atoms with Crippen LogP contribution < -0.4 is 10.5 Å². The summed E-state index contributed by atoms with van der Waals surface area (Å²) in [5.74, 6) is 0.835. The van der Waals surface area contributed by atoms with Crippen molar-refractivity contribution in [3.8, 4) is 5.75 Å². The van der Waals surface area contributed by atoms with Gasteiger partial charge in [-0.3, -0.25) is 5.41 Å². The average Bonchev–Trinajstić information content (AvgIpc) is 2.73. The molecular weight excluding hydrogens is 200 g/mol. The van der Waals surface area contributed by atoms with E-state index in [9.17, 15) is 0 Å². The topological polar surface area (TPSA) is 59.1 Å². The molecule has 3 nitrogen and oxygen atoms in total. The van der Waals surface area contributed by atoms with Crippen molar-refractivity contribution in [2.75, 3.05) is 0 Å². The molecule has 1 aliphatic carbocycles. The van der Waals surface area contributed by atoms with Crippen molar-refractivity contribution < 1.29 is 4.74 Å². The van der Waals surface area contributed by atoms with Gasteiger partial charge in [-0.05, 0) is 44.7 Å². The first-order valence-corrected chi connectivity index (χ1v) is 5.78. The lowest BCUT2D eigenvalue weighted by Crippen LogP contribution is -2.17. The van der Waals surface area contributed by atoms with Crippen LogP contribution in [0.15, 0.2) is 18.2 Å². The van der Waals surface area contributed by atoms with E-state index in [0.717, 1.165) is 24.2 Å². The van der Waals surface area contributed by atoms with E-state index < -0.39 is 0 Å². The van der Waals surface area contributed by atoms with Gasteiger partial charge in [0.2, 0.25) is 0 Å². The molecule has 3 heteroatoms. The molecule has 86 valence electrons. The average molecular weight is 218 g/mol. The van der Waals surface area contributed by atoms with Crippen LogP contribution in [0, 0.1) is 12.3 Å². The second kappa shape index (κ2) is 4.56. The van der Waals surface area contributed by atoms with Gasteiger partial charge in [-0.25, -0.2) is 0 Å². The van der Waals surface area contributed by atoms with Gasteiger partial charge in [-0.15, -0.1) is 0 Å². The third-order valence-corrected chi connectivity index (χ3v) is 3.02. The van der Waals surface area contributed by atoms with Crippen LogP contribution in [0.5, 0.6) is 5.75 Å². The summed E-state index contributed by atoms with van der Waals surface area (Å²) in [7, 11) is 0. The third kappa shape index (κ3) is 2.35. The normalized spacial score (nSPS) is 16.3. The van der Waals surface area contributed by atoms with Crippen molar-refractivity contribution >= 4 is 5.84 Å². The first-order chi connectivity index (χ1) is 7.66. The SMILES string of the molecule is Cc1ccc(OC2CCCC2)c(C(=N)N)c1. The highest BCUT2D eigenvalue weighted by Crippen LogP contribution is 2.27. The Kier molecular flexibility index (Phi) is 3.13. The molecule has 0 unspecified atom stereocenters. The zero-order valence-corrected chi connectivity index (χ0v) is 9.62. The van der Waals surface area contributed by atoms with Gasteiger partial charge in [0.15, 0.2) is 0 Å². The highest BCUT2D eigenvalue weighted by atomic mass is 16.5. The van der Waals surface area contributed by atoms with Crippen molar-refractivity contribution in [1.82, 2.24) is 0 Å². The van der Waals surface area contributed by atoms with Gasteiger partial charge < -0.3 is 10.5 Å². The van der Waals surface area contributed by atoms with Crippen LogP contribution in [0.3, 0.4) is 0 Å². The van der Waals surface area contributed by atoms with Gasteiger partial charge in [-0.2, -0.15) is 0 Å². The fourth-order valence-corrected chi connectivity index (χ4v) is 2.14. The van der Waals surface area contributed by atoms with Crippen LogP contribution in [0.4, 0.5) is 0 Å². The molecular formula is C13H18N2O. The number of nitrogen functional groups attached to an aromatic ring is 1. The summed E-state index contributed by atoms with van der Waals surface area (Å²) < 4.78 is 5.90. The summed E-state index contributed by atoms with van der Waals surface area (Å²) in [6, 6.07) is 5.83. The molecule has 0 amide bonds. The number of aryl methyl sites for hydroxylation is 1. The summed E-state index contributed by atoms with van der Waals surface area (Å²) in [5, 5.41) is 7.54. The largest absolute Gasteiger partial charge is 0.490 e. The summed E-state index contributed by atoms with van der Waals surface area (Å²) in [6.07, 6.45) is 5.02. The molecule has 0 saturated heterocycles. The van der Waals surface area contributed by atoms with E-state index in [-0.39, 0.29) is 5.84 Å². The molecule has 1 saturated carbocycles. The Labute approximate surface area is 96.1 Å². The minimum Gasteiger partial charge on any atom is -0.490 e. The van der Waals surface area contributed by atoms with E-state index in [0.29, 0.717) is 11.7 Å². The van der Waals surface area contributed by atoms with E-state index in [4.69, 9.17) is 15.9 Å². The zero-order chi connectivity index (χ0) is 11.5. The second-order valence-electron chi connectivity index (χ2n) is 4.44. The van der Waals surface area contributed by atoms with Gasteiger partial charge in [0.25, 0.3) is 0 Å². The molecule has 1 fully saturated rings. The minimum absolute atomic E-state index is 0.0803. The Hall–Kier alpha value is -1.51. The number of benzene rings is 1. The van der Waals surface area contributed by atoms with E-state index >= 15 is 0 Å². The van der Waals surface area contributed by atoms with Gasteiger partial charge in [0, 0.05) is 0 Å². The second-order valence-corrected chi connectivity index (χ2v) is 4.44. The molecule has 2 rings (SSSR count). The van der Waals surface area contributed by atoms with Crippen LogP contribution >= 0.6 is 0 Å². The number of nitrogens with one attached hydrogen (secondary N) is 1. The van der Waals surface area contributed by atoms with E-state index in [1.54, 1.807) is 0 Å².